The maximum Gasteiger partial charge on any atom is 0.412 e. The monoisotopic (exact) mass is 297 g/mol. The lowest BCUT2D eigenvalue weighted by atomic mass is 10.1. The molecule has 114 valence electrons. The maximum atomic E-state index is 12.2. The number of benzene rings is 2. The molecule has 1 amide bonds. The first-order valence-corrected chi connectivity index (χ1v) is 7.46. The highest BCUT2D eigenvalue weighted by molar-refractivity contribution is 5.68. The van der Waals surface area contributed by atoms with E-state index in [4.69, 9.17) is 9.47 Å². The summed E-state index contributed by atoms with van der Waals surface area (Å²) < 4.78 is 10.6. The van der Waals surface area contributed by atoms with Crippen LogP contribution in [0.5, 0.6) is 0 Å². The first-order chi connectivity index (χ1) is 10.8. The molecule has 0 aliphatic carbocycles. The van der Waals surface area contributed by atoms with E-state index in [2.05, 4.69) is 12.1 Å². The van der Waals surface area contributed by atoms with Gasteiger partial charge >= 0.3 is 6.09 Å². The van der Waals surface area contributed by atoms with E-state index in [1.54, 1.807) is 4.90 Å². The highest BCUT2D eigenvalue weighted by Gasteiger charge is 2.34. The Bertz CT molecular complexity index is 596. The van der Waals surface area contributed by atoms with Gasteiger partial charge in [-0.2, -0.15) is 0 Å². The van der Waals surface area contributed by atoms with Crippen LogP contribution in [0.2, 0.25) is 0 Å². The first kappa shape index (κ1) is 14.6. The minimum absolute atomic E-state index is 0.132. The summed E-state index contributed by atoms with van der Waals surface area (Å²) in [6, 6.07) is 19.8. The molecule has 4 nitrogen and oxygen atoms in total. The van der Waals surface area contributed by atoms with Gasteiger partial charge in [0.1, 0.15) is 6.61 Å². The quantitative estimate of drug-likeness (QED) is 0.769. The lowest BCUT2D eigenvalue weighted by Crippen LogP contribution is -2.36. The van der Waals surface area contributed by atoms with Gasteiger partial charge in [0.25, 0.3) is 0 Å². The van der Waals surface area contributed by atoms with Crippen molar-refractivity contribution in [1.29, 1.82) is 0 Å². The fourth-order valence-corrected chi connectivity index (χ4v) is 2.27. The number of hydrogen-bond acceptors (Lipinski definition) is 3. The van der Waals surface area contributed by atoms with Crippen molar-refractivity contribution in [1.82, 2.24) is 4.90 Å². The van der Waals surface area contributed by atoms with Crippen LogP contribution in [0.4, 0.5) is 4.79 Å². The summed E-state index contributed by atoms with van der Waals surface area (Å²) in [6.07, 6.45) is 0.343. The van der Waals surface area contributed by atoms with Gasteiger partial charge < -0.3 is 9.47 Å². The van der Waals surface area contributed by atoms with Crippen molar-refractivity contribution in [3.05, 3.63) is 71.8 Å². The summed E-state index contributed by atoms with van der Waals surface area (Å²) >= 11 is 0. The molecule has 0 bridgehead atoms. The van der Waals surface area contributed by atoms with Crippen molar-refractivity contribution < 1.29 is 14.3 Å². The Labute approximate surface area is 130 Å². The Morgan fingerprint density at radius 3 is 2.23 bits per heavy atom. The predicted octanol–water partition coefficient (Wildman–Crippen LogP) is 3.22. The molecule has 0 radical (unpaired) electrons. The second-order valence-electron chi connectivity index (χ2n) is 5.26. The maximum absolute atomic E-state index is 12.2. The Kier molecular flexibility index (Phi) is 4.71. The number of epoxide rings is 1. The van der Waals surface area contributed by atoms with Gasteiger partial charge in [-0.05, 0) is 17.5 Å². The van der Waals surface area contributed by atoms with Gasteiger partial charge in [0, 0.05) is 6.54 Å². The molecule has 4 heteroatoms. The molecule has 2 aromatic rings. The zero-order valence-electron chi connectivity index (χ0n) is 12.4. The predicted molar refractivity (Wildman–Crippen MR) is 83.2 cm³/mol. The number of amides is 1. The largest absolute Gasteiger partial charge is 0.444 e. The summed E-state index contributed by atoms with van der Waals surface area (Å²) in [5.41, 5.74) is 2.18. The standard InChI is InChI=1S/C18H19NO3/c20-18(22-13-16-9-5-2-6-10-16)19(17-14-21-17)12-11-15-7-3-1-4-8-15/h1-10,17H,11-14H2. The van der Waals surface area contributed by atoms with Gasteiger partial charge in [-0.3, -0.25) is 4.90 Å². The normalized spacial score (nSPS) is 16.1. The van der Waals surface area contributed by atoms with Gasteiger partial charge in [0.15, 0.2) is 6.23 Å². The van der Waals surface area contributed by atoms with Crippen molar-refractivity contribution >= 4 is 6.09 Å². The molecule has 0 aromatic heterocycles. The summed E-state index contributed by atoms with van der Waals surface area (Å²) in [5, 5.41) is 0. The van der Waals surface area contributed by atoms with Crippen molar-refractivity contribution in [3.63, 3.8) is 0 Å². The van der Waals surface area contributed by atoms with E-state index in [0.717, 1.165) is 12.0 Å². The zero-order valence-corrected chi connectivity index (χ0v) is 12.4. The van der Waals surface area contributed by atoms with E-state index in [1.165, 1.54) is 5.56 Å². The summed E-state index contributed by atoms with van der Waals surface area (Å²) in [4.78, 5) is 13.9. The molecule has 1 saturated heterocycles. The number of rotatable bonds is 6. The molecule has 1 aliphatic rings. The van der Waals surface area contributed by atoms with E-state index in [9.17, 15) is 4.79 Å². The van der Waals surface area contributed by atoms with Crippen LogP contribution in [0.25, 0.3) is 0 Å². The molecule has 2 aromatic carbocycles. The Morgan fingerprint density at radius 2 is 1.64 bits per heavy atom. The average molecular weight is 297 g/mol. The van der Waals surface area contributed by atoms with E-state index < -0.39 is 0 Å². The molecule has 0 saturated carbocycles. The molecule has 1 fully saturated rings. The van der Waals surface area contributed by atoms with Crippen LogP contribution in [0.3, 0.4) is 0 Å². The Balaban J connectivity index is 1.53. The fourth-order valence-electron chi connectivity index (χ4n) is 2.27. The van der Waals surface area contributed by atoms with Gasteiger partial charge in [-0.15, -0.1) is 0 Å². The number of ether oxygens (including phenoxy) is 2. The van der Waals surface area contributed by atoms with E-state index in [-0.39, 0.29) is 18.9 Å². The minimum Gasteiger partial charge on any atom is -0.444 e. The average Bonchev–Trinajstić information content (AvgIpc) is 3.40. The highest BCUT2D eigenvalue weighted by atomic mass is 16.6. The van der Waals surface area contributed by atoms with Gasteiger partial charge in [0.05, 0.1) is 6.61 Å². The number of hydrogen-bond donors (Lipinski definition) is 0. The number of carbonyl (C=O) groups is 1. The van der Waals surface area contributed by atoms with E-state index in [1.807, 2.05) is 48.5 Å². The van der Waals surface area contributed by atoms with Gasteiger partial charge in [-0.25, -0.2) is 4.79 Å². The van der Waals surface area contributed by atoms with E-state index in [0.29, 0.717) is 13.2 Å². The topological polar surface area (TPSA) is 42.1 Å². The van der Waals surface area contributed by atoms with Crippen LogP contribution in [0.15, 0.2) is 60.7 Å². The third-order valence-electron chi connectivity index (χ3n) is 3.59. The third-order valence-corrected chi connectivity index (χ3v) is 3.59. The summed E-state index contributed by atoms with van der Waals surface area (Å²) in [6.45, 7) is 1.48. The lowest BCUT2D eigenvalue weighted by molar-refractivity contribution is 0.0789. The molecular weight excluding hydrogens is 278 g/mol. The van der Waals surface area contributed by atoms with Gasteiger partial charge in [0.2, 0.25) is 0 Å². The Morgan fingerprint density at radius 1 is 1.05 bits per heavy atom. The second kappa shape index (κ2) is 7.09. The fraction of sp³-hybridized carbons (Fsp3) is 0.278. The van der Waals surface area contributed by atoms with Crippen LogP contribution in [0, 0.1) is 0 Å². The SMILES string of the molecule is O=C(OCc1ccccc1)N(CCc1ccccc1)C1CO1. The van der Waals surface area contributed by atoms with Gasteiger partial charge in [-0.1, -0.05) is 60.7 Å². The van der Waals surface area contributed by atoms with Crippen LogP contribution in [-0.4, -0.2) is 30.4 Å². The number of carbonyl (C=O) groups excluding carboxylic acids is 1. The summed E-state index contributed by atoms with van der Waals surface area (Å²) in [7, 11) is 0. The van der Waals surface area contributed by atoms with Crippen LogP contribution in [0.1, 0.15) is 11.1 Å². The van der Waals surface area contributed by atoms with E-state index >= 15 is 0 Å². The van der Waals surface area contributed by atoms with Crippen molar-refractivity contribution in [2.45, 2.75) is 19.3 Å². The van der Waals surface area contributed by atoms with Crippen LogP contribution in [-0.2, 0) is 22.5 Å². The molecule has 1 unspecified atom stereocenters. The lowest BCUT2D eigenvalue weighted by Gasteiger charge is -2.20. The van der Waals surface area contributed by atoms with Crippen molar-refractivity contribution in [2.75, 3.05) is 13.2 Å². The number of nitrogens with zero attached hydrogens (tertiary/aromatic N) is 1. The molecule has 1 heterocycles. The highest BCUT2D eigenvalue weighted by Crippen LogP contribution is 2.18. The van der Waals surface area contributed by atoms with Crippen molar-refractivity contribution in [3.8, 4) is 0 Å². The molecular formula is C18H19NO3. The Hall–Kier alpha value is -2.33. The molecule has 0 spiro atoms. The molecule has 0 N–H and O–H groups in total. The first-order valence-electron chi connectivity index (χ1n) is 7.46. The molecule has 3 rings (SSSR count). The van der Waals surface area contributed by atoms with Crippen LogP contribution < -0.4 is 0 Å². The zero-order chi connectivity index (χ0) is 15.2. The molecule has 1 aliphatic heterocycles. The molecule has 22 heavy (non-hydrogen) atoms. The smallest absolute Gasteiger partial charge is 0.412 e. The molecule has 1 atom stereocenters. The minimum atomic E-state index is -0.317. The third kappa shape index (κ3) is 4.09. The van der Waals surface area contributed by atoms with Crippen molar-refractivity contribution in [2.24, 2.45) is 0 Å². The summed E-state index contributed by atoms with van der Waals surface area (Å²) in [5.74, 6) is 0. The second-order valence-corrected chi connectivity index (χ2v) is 5.26. The van der Waals surface area contributed by atoms with Crippen LogP contribution >= 0.6 is 0 Å².